The highest BCUT2D eigenvalue weighted by Crippen LogP contribution is 2.35. The van der Waals surface area contributed by atoms with Gasteiger partial charge in [0, 0.05) is 17.4 Å². The zero-order valence-electron chi connectivity index (χ0n) is 17.5. The summed E-state index contributed by atoms with van der Waals surface area (Å²) in [5.41, 5.74) is 6.92. The monoisotopic (exact) mass is 396 g/mol. The molecule has 1 aromatic heterocycles. The van der Waals surface area contributed by atoms with Gasteiger partial charge in [0.25, 0.3) is 11.1 Å². The van der Waals surface area contributed by atoms with E-state index in [0.29, 0.717) is 4.91 Å². The number of benzene rings is 1. The molecule has 1 aliphatic heterocycles. The zero-order chi connectivity index (χ0) is 20.6. The molecule has 3 rings (SSSR count). The van der Waals surface area contributed by atoms with E-state index >= 15 is 0 Å². The van der Waals surface area contributed by atoms with Gasteiger partial charge in [-0.25, -0.2) is 0 Å². The van der Waals surface area contributed by atoms with Crippen LogP contribution in [-0.2, 0) is 11.2 Å². The Morgan fingerprint density at radius 3 is 2.50 bits per heavy atom. The van der Waals surface area contributed by atoms with Gasteiger partial charge >= 0.3 is 0 Å². The fourth-order valence-electron chi connectivity index (χ4n) is 3.79. The Hall–Kier alpha value is -2.27. The summed E-state index contributed by atoms with van der Waals surface area (Å²) < 4.78 is 2.26. The first-order valence-corrected chi connectivity index (χ1v) is 10.7. The van der Waals surface area contributed by atoms with Gasteiger partial charge in [0.2, 0.25) is 0 Å². The van der Waals surface area contributed by atoms with Crippen LogP contribution in [0.25, 0.3) is 11.8 Å². The molecule has 148 valence electrons. The Labute approximate surface area is 171 Å². The number of carbonyl (C=O) groups is 2. The molecule has 1 atom stereocenters. The van der Waals surface area contributed by atoms with E-state index in [4.69, 9.17) is 0 Å². The van der Waals surface area contributed by atoms with Gasteiger partial charge in [0.15, 0.2) is 0 Å². The maximum atomic E-state index is 12.8. The summed E-state index contributed by atoms with van der Waals surface area (Å²) in [6, 6.07) is 8.41. The second-order valence-corrected chi connectivity index (χ2v) is 8.40. The molecule has 1 aromatic carbocycles. The molecule has 28 heavy (non-hydrogen) atoms. The van der Waals surface area contributed by atoms with Crippen LogP contribution >= 0.6 is 11.8 Å². The Balaban J connectivity index is 2.06. The molecule has 0 aliphatic carbocycles. The van der Waals surface area contributed by atoms with Crippen molar-refractivity contribution in [2.24, 2.45) is 0 Å². The van der Waals surface area contributed by atoms with Gasteiger partial charge < -0.3 is 4.57 Å². The van der Waals surface area contributed by atoms with Gasteiger partial charge in [-0.1, -0.05) is 32.0 Å². The molecule has 0 saturated carbocycles. The molecule has 0 bridgehead atoms. The van der Waals surface area contributed by atoms with Crippen molar-refractivity contribution in [3.8, 4) is 5.69 Å². The molecule has 1 aliphatic rings. The van der Waals surface area contributed by atoms with Crippen molar-refractivity contribution in [1.29, 1.82) is 0 Å². The lowest BCUT2D eigenvalue weighted by Gasteiger charge is -2.19. The van der Waals surface area contributed by atoms with E-state index in [2.05, 4.69) is 56.5 Å². The highest BCUT2D eigenvalue weighted by molar-refractivity contribution is 8.18. The van der Waals surface area contributed by atoms with Crippen LogP contribution in [0.4, 0.5) is 4.79 Å². The van der Waals surface area contributed by atoms with Crippen molar-refractivity contribution in [3.63, 3.8) is 0 Å². The standard InChI is InChI=1S/C23H28N2O2S/c1-7-15(4)25-22(26)20(28-23(25)27)13-19-12-16(5)24(17(19)6)21-14(3)10-9-11-18(21)8-2/h9-13,15H,7-8H2,1-6H3/b20-13+/t15-/m0/s1. The lowest BCUT2D eigenvalue weighted by Crippen LogP contribution is -2.36. The number of hydrogen-bond donors (Lipinski definition) is 0. The Bertz CT molecular complexity index is 971. The van der Waals surface area contributed by atoms with Crippen molar-refractivity contribution >= 4 is 29.0 Å². The lowest BCUT2D eigenvalue weighted by atomic mass is 10.1. The maximum Gasteiger partial charge on any atom is 0.293 e. The van der Waals surface area contributed by atoms with Crippen LogP contribution in [0.3, 0.4) is 0 Å². The van der Waals surface area contributed by atoms with Gasteiger partial charge in [-0.3, -0.25) is 14.5 Å². The molecule has 2 amide bonds. The molecule has 2 heterocycles. The highest BCUT2D eigenvalue weighted by Gasteiger charge is 2.37. The third-order valence-corrected chi connectivity index (χ3v) is 6.42. The predicted molar refractivity (Wildman–Crippen MR) is 117 cm³/mol. The normalized spacial score (nSPS) is 17.1. The number of amides is 2. The highest BCUT2D eigenvalue weighted by atomic mass is 32.2. The molecule has 0 unspecified atom stereocenters. The van der Waals surface area contributed by atoms with E-state index in [1.54, 1.807) is 0 Å². The summed E-state index contributed by atoms with van der Waals surface area (Å²) in [6.07, 6.45) is 3.58. The van der Waals surface area contributed by atoms with E-state index in [9.17, 15) is 9.59 Å². The molecule has 4 nitrogen and oxygen atoms in total. The summed E-state index contributed by atoms with van der Waals surface area (Å²) in [7, 11) is 0. The minimum Gasteiger partial charge on any atom is -0.317 e. The van der Waals surface area contributed by atoms with Gasteiger partial charge in [0.05, 0.1) is 10.6 Å². The minimum absolute atomic E-state index is 0.0788. The van der Waals surface area contributed by atoms with Crippen LogP contribution in [-0.4, -0.2) is 26.7 Å². The first-order chi connectivity index (χ1) is 13.3. The SMILES string of the molecule is CCc1cccc(C)c1-n1c(C)cc(/C=C2/SC(=O)N([C@@H](C)CC)C2=O)c1C. The molecule has 0 radical (unpaired) electrons. The fraction of sp³-hybridized carbons (Fsp3) is 0.391. The first kappa shape index (κ1) is 20.5. The number of nitrogens with zero attached hydrogens (tertiary/aromatic N) is 2. The van der Waals surface area contributed by atoms with E-state index in [0.717, 1.165) is 41.6 Å². The van der Waals surface area contributed by atoms with Crippen LogP contribution in [0.2, 0.25) is 0 Å². The van der Waals surface area contributed by atoms with Crippen molar-refractivity contribution in [3.05, 3.63) is 57.2 Å². The number of para-hydroxylation sites is 1. The third-order valence-electron chi connectivity index (χ3n) is 5.54. The molecular weight excluding hydrogens is 368 g/mol. The van der Waals surface area contributed by atoms with Crippen LogP contribution < -0.4 is 0 Å². The van der Waals surface area contributed by atoms with Crippen molar-refractivity contribution in [2.45, 2.75) is 60.4 Å². The van der Waals surface area contributed by atoms with Gasteiger partial charge in [-0.05, 0) is 81.1 Å². The fourth-order valence-corrected chi connectivity index (χ4v) is 4.71. The second kappa shape index (κ2) is 8.00. The Morgan fingerprint density at radius 2 is 1.86 bits per heavy atom. The summed E-state index contributed by atoms with van der Waals surface area (Å²) in [4.78, 5) is 27.0. The van der Waals surface area contributed by atoms with E-state index < -0.39 is 0 Å². The second-order valence-electron chi connectivity index (χ2n) is 7.41. The number of imide groups is 1. The topological polar surface area (TPSA) is 42.3 Å². The smallest absolute Gasteiger partial charge is 0.293 e. The summed E-state index contributed by atoms with van der Waals surface area (Å²) in [5.74, 6) is -0.181. The molecule has 5 heteroatoms. The number of aryl methyl sites for hydroxylation is 3. The van der Waals surface area contributed by atoms with Crippen LogP contribution in [0.1, 0.15) is 55.3 Å². The minimum atomic E-state index is -0.181. The number of aromatic nitrogens is 1. The van der Waals surface area contributed by atoms with Gasteiger partial charge in [-0.2, -0.15) is 0 Å². The van der Waals surface area contributed by atoms with E-state index in [1.807, 2.05) is 19.9 Å². The van der Waals surface area contributed by atoms with Gasteiger partial charge in [0.1, 0.15) is 0 Å². The average molecular weight is 397 g/mol. The number of thioether (sulfide) groups is 1. The van der Waals surface area contributed by atoms with Crippen LogP contribution in [0.15, 0.2) is 29.2 Å². The summed E-state index contributed by atoms with van der Waals surface area (Å²) >= 11 is 1.04. The molecule has 1 fully saturated rings. The van der Waals surface area contributed by atoms with Crippen molar-refractivity contribution in [2.75, 3.05) is 0 Å². The average Bonchev–Trinajstić information content (AvgIpc) is 3.09. The number of hydrogen-bond acceptors (Lipinski definition) is 3. The molecule has 0 N–H and O–H groups in total. The van der Waals surface area contributed by atoms with Crippen LogP contribution in [0, 0.1) is 20.8 Å². The Morgan fingerprint density at radius 1 is 1.14 bits per heavy atom. The summed E-state index contributed by atoms with van der Waals surface area (Å²) in [5, 5.41) is -0.174. The van der Waals surface area contributed by atoms with Crippen molar-refractivity contribution in [1.82, 2.24) is 9.47 Å². The molecule has 1 saturated heterocycles. The van der Waals surface area contributed by atoms with Gasteiger partial charge in [-0.15, -0.1) is 0 Å². The van der Waals surface area contributed by atoms with Crippen LogP contribution in [0.5, 0.6) is 0 Å². The number of carbonyl (C=O) groups excluding carboxylic acids is 2. The largest absolute Gasteiger partial charge is 0.317 e. The Kier molecular flexibility index (Phi) is 5.84. The molecule has 0 spiro atoms. The lowest BCUT2D eigenvalue weighted by molar-refractivity contribution is -0.124. The number of rotatable bonds is 5. The zero-order valence-corrected chi connectivity index (χ0v) is 18.3. The molecule has 2 aromatic rings. The first-order valence-electron chi connectivity index (χ1n) is 9.84. The third kappa shape index (κ3) is 3.44. The molecular formula is C23H28N2O2S. The summed E-state index contributed by atoms with van der Waals surface area (Å²) in [6.45, 7) is 12.3. The van der Waals surface area contributed by atoms with Crippen molar-refractivity contribution < 1.29 is 9.59 Å². The van der Waals surface area contributed by atoms with E-state index in [-0.39, 0.29) is 17.2 Å². The maximum absolute atomic E-state index is 12.8. The predicted octanol–water partition coefficient (Wildman–Crippen LogP) is 5.80. The van der Waals surface area contributed by atoms with E-state index in [1.165, 1.54) is 21.7 Å². The quantitative estimate of drug-likeness (QED) is 0.600.